The molecule has 3 heteroatoms. The molecular weight excluding hydrogens is 238 g/mol. The SMILES string of the molecule is CNC(c1ccc(OC(C)C)cc1)C1(CO)CCC1. The lowest BCUT2D eigenvalue weighted by Crippen LogP contribution is -2.44. The molecule has 0 aromatic heterocycles. The highest BCUT2D eigenvalue weighted by molar-refractivity contribution is 5.31. The van der Waals surface area contributed by atoms with Crippen LogP contribution in [0, 0.1) is 5.41 Å². The molecule has 19 heavy (non-hydrogen) atoms. The maximum absolute atomic E-state index is 9.71. The van der Waals surface area contributed by atoms with Gasteiger partial charge in [-0.15, -0.1) is 0 Å². The Balaban J connectivity index is 2.15. The van der Waals surface area contributed by atoms with Gasteiger partial charge in [0.1, 0.15) is 5.75 Å². The topological polar surface area (TPSA) is 41.5 Å². The van der Waals surface area contributed by atoms with Crippen molar-refractivity contribution >= 4 is 0 Å². The Hall–Kier alpha value is -1.06. The molecule has 1 aromatic carbocycles. The van der Waals surface area contributed by atoms with E-state index in [1.165, 1.54) is 12.0 Å². The number of rotatable bonds is 6. The van der Waals surface area contributed by atoms with Crippen LogP contribution in [-0.4, -0.2) is 24.9 Å². The second-order valence-electron chi connectivity index (χ2n) is 5.83. The summed E-state index contributed by atoms with van der Waals surface area (Å²) in [7, 11) is 1.97. The van der Waals surface area contributed by atoms with Crippen LogP contribution in [0.2, 0.25) is 0 Å². The molecule has 1 unspecified atom stereocenters. The smallest absolute Gasteiger partial charge is 0.119 e. The van der Waals surface area contributed by atoms with Crippen molar-refractivity contribution in [3.8, 4) is 5.75 Å². The molecule has 0 bridgehead atoms. The largest absolute Gasteiger partial charge is 0.491 e. The van der Waals surface area contributed by atoms with Gasteiger partial charge in [-0.05, 0) is 51.4 Å². The highest BCUT2D eigenvalue weighted by atomic mass is 16.5. The van der Waals surface area contributed by atoms with E-state index >= 15 is 0 Å². The minimum Gasteiger partial charge on any atom is -0.491 e. The van der Waals surface area contributed by atoms with Gasteiger partial charge in [0.25, 0.3) is 0 Å². The fourth-order valence-corrected chi connectivity index (χ4v) is 3.01. The van der Waals surface area contributed by atoms with Crippen LogP contribution in [0.5, 0.6) is 5.75 Å². The molecule has 0 saturated heterocycles. The molecule has 1 saturated carbocycles. The number of hydrogen-bond donors (Lipinski definition) is 2. The molecular formula is C16H25NO2. The van der Waals surface area contributed by atoms with Gasteiger partial charge in [0.15, 0.2) is 0 Å². The zero-order valence-corrected chi connectivity index (χ0v) is 12.1. The van der Waals surface area contributed by atoms with Gasteiger partial charge in [-0.1, -0.05) is 18.6 Å². The Labute approximate surface area is 116 Å². The molecule has 0 heterocycles. The summed E-state index contributed by atoms with van der Waals surface area (Å²) in [5, 5.41) is 13.1. The first-order valence-electron chi connectivity index (χ1n) is 7.16. The predicted molar refractivity (Wildman–Crippen MR) is 77.4 cm³/mol. The van der Waals surface area contributed by atoms with Crippen molar-refractivity contribution in [2.75, 3.05) is 13.7 Å². The van der Waals surface area contributed by atoms with Crippen LogP contribution in [-0.2, 0) is 0 Å². The highest BCUT2D eigenvalue weighted by Gasteiger charge is 2.43. The van der Waals surface area contributed by atoms with E-state index in [2.05, 4.69) is 17.4 Å². The Morgan fingerprint density at radius 1 is 1.26 bits per heavy atom. The van der Waals surface area contributed by atoms with Crippen LogP contribution < -0.4 is 10.1 Å². The van der Waals surface area contributed by atoms with E-state index in [1.807, 2.05) is 33.0 Å². The zero-order chi connectivity index (χ0) is 13.9. The average molecular weight is 263 g/mol. The highest BCUT2D eigenvalue weighted by Crippen LogP contribution is 2.49. The number of aliphatic hydroxyl groups is 1. The minimum absolute atomic E-state index is 0.0230. The van der Waals surface area contributed by atoms with Crippen LogP contribution in [0.15, 0.2) is 24.3 Å². The van der Waals surface area contributed by atoms with Crippen molar-refractivity contribution in [3.63, 3.8) is 0 Å². The fourth-order valence-electron chi connectivity index (χ4n) is 3.01. The number of benzene rings is 1. The van der Waals surface area contributed by atoms with Gasteiger partial charge in [0, 0.05) is 11.5 Å². The molecule has 1 aliphatic carbocycles. The Bertz CT molecular complexity index is 390. The summed E-state index contributed by atoms with van der Waals surface area (Å²) in [4.78, 5) is 0. The molecule has 106 valence electrons. The first-order valence-corrected chi connectivity index (χ1v) is 7.16. The van der Waals surface area contributed by atoms with E-state index in [1.54, 1.807) is 0 Å². The first kappa shape index (κ1) is 14.4. The lowest BCUT2D eigenvalue weighted by molar-refractivity contribution is 0.00781. The second kappa shape index (κ2) is 5.93. The second-order valence-corrected chi connectivity index (χ2v) is 5.83. The van der Waals surface area contributed by atoms with Crippen LogP contribution in [0.25, 0.3) is 0 Å². The average Bonchev–Trinajstić information content (AvgIpc) is 2.34. The Morgan fingerprint density at radius 2 is 1.89 bits per heavy atom. The standard InChI is InChI=1S/C16H25NO2/c1-12(2)19-14-7-5-13(6-8-14)15(17-3)16(11-18)9-4-10-16/h5-8,12,15,17-18H,4,9-11H2,1-3H3. The van der Waals surface area contributed by atoms with Crippen LogP contribution in [0.1, 0.15) is 44.7 Å². The number of aliphatic hydroxyl groups excluding tert-OH is 1. The molecule has 0 radical (unpaired) electrons. The molecule has 1 fully saturated rings. The predicted octanol–water partition coefficient (Wildman–Crippen LogP) is 2.90. The van der Waals surface area contributed by atoms with E-state index in [0.717, 1.165) is 18.6 Å². The summed E-state index contributed by atoms with van der Waals surface area (Å²) >= 11 is 0. The third-order valence-corrected chi connectivity index (χ3v) is 4.15. The molecule has 1 aromatic rings. The van der Waals surface area contributed by atoms with Gasteiger partial charge in [0.05, 0.1) is 12.7 Å². The lowest BCUT2D eigenvalue weighted by Gasteiger charge is -2.46. The van der Waals surface area contributed by atoms with E-state index < -0.39 is 0 Å². The Kier molecular flexibility index (Phi) is 4.48. The van der Waals surface area contributed by atoms with Gasteiger partial charge >= 0.3 is 0 Å². The Morgan fingerprint density at radius 3 is 2.26 bits per heavy atom. The third kappa shape index (κ3) is 2.93. The summed E-state index contributed by atoms with van der Waals surface area (Å²) in [5.74, 6) is 0.903. The van der Waals surface area contributed by atoms with Crippen molar-refractivity contribution in [3.05, 3.63) is 29.8 Å². The molecule has 0 aliphatic heterocycles. The molecule has 0 amide bonds. The maximum atomic E-state index is 9.71. The van der Waals surface area contributed by atoms with Gasteiger partial charge in [-0.25, -0.2) is 0 Å². The third-order valence-electron chi connectivity index (χ3n) is 4.15. The van der Waals surface area contributed by atoms with Crippen molar-refractivity contribution in [2.45, 2.75) is 45.3 Å². The van der Waals surface area contributed by atoms with Crippen LogP contribution in [0.3, 0.4) is 0 Å². The molecule has 2 N–H and O–H groups in total. The van der Waals surface area contributed by atoms with Gasteiger partial charge in [0.2, 0.25) is 0 Å². The van der Waals surface area contributed by atoms with E-state index in [-0.39, 0.29) is 24.2 Å². The number of nitrogens with one attached hydrogen (secondary N) is 1. The van der Waals surface area contributed by atoms with E-state index in [9.17, 15) is 5.11 Å². The summed E-state index contributed by atoms with van der Waals surface area (Å²) in [5.41, 5.74) is 1.25. The van der Waals surface area contributed by atoms with Crippen LogP contribution in [0.4, 0.5) is 0 Å². The maximum Gasteiger partial charge on any atom is 0.119 e. The van der Waals surface area contributed by atoms with Gasteiger partial charge in [-0.3, -0.25) is 0 Å². The van der Waals surface area contributed by atoms with Crippen molar-refractivity contribution < 1.29 is 9.84 Å². The fraction of sp³-hybridized carbons (Fsp3) is 0.625. The summed E-state index contributed by atoms with van der Waals surface area (Å²) in [6.45, 7) is 4.31. The lowest BCUT2D eigenvalue weighted by atomic mass is 9.63. The van der Waals surface area contributed by atoms with E-state index in [0.29, 0.717) is 0 Å². The molecule has 0 spiro atoms. The first-order chi connectivity index (χ1) is 9.11. The summed E-state index contributed by atoms with van der Waals surface area (Å²) in [6.07, 6.45) is 3.60. The minimum atomic E-state index is 0.0230. The van der Waals surface area contributed by atoms with E-state index in [4.69, 9.17) is 4.74 Å². The van der Waals surface area contributed by atoms with Crippen molar-refractivity contribution in [2.24, 2.45) is 5.41 Å². The van der Waals surface area contributed by atoms with Crippen molar-refractivity contribution in [1.29, 1.82) is 0 Å². The summed E-state index contributed by atoms with van der Waals surface area (Å²) in [6, 6.07) is 8.47. The van der Waals surface area contributed by atoms with Gasteiger partial charge in [-0.2, -0.15) is 0 Å². The molecule has 1 atom stereocenters. The molecule has 2 rings (SSSR count). The van der Waals surface area contributed by atoms with Gasteiger partial charge < -0.3 is 15.2 Å². The van der Waals surface area contributed by atoms with Crippen LogP contribution >= 0.6 is 0 Å². The zero-order valence-electron chi connectivity index (χ0n) is 12.1. The monoisotopic (exact) mass is 263 g/mol. The number of ether oxygens (including phenoxy) is 1. The van der Waals surface area contributed by atoms with Crippen molar-refractivity contribution in [1.82, 2.24) is 5.32 Å². The quantitative estimate of drug-likeness (QED) is 0.829. The summed E-state index contributed by atoms with van der Waals surface area (Å²) < 4.78 is 5.67. The molecule has 3 nitrogen and oxygen atoms in total. The number of hydrogen-bond acceptors (Lipinski definition) is 3. The molecule has 1 aliphatic rings. The normalized spacial score (nSPS) is 19.0.